The number of pyridine rings is 1. The van der Waals surface area contributed by atoms with Gasteiger partial charge in [-0.1, -0.05) is 0 Å². The zero-order chi connectivity index (χ0) is 15.2. The van der Waals surface area contributed by atoms with Crippen LogP contribution in [0.3, 0.4) is 0 Å². The van der Waals surface area contributed by atoms with Gasteiger partial charge in [-0.25, -0.2) is 9.37 Å². The van der Waals surface area contributed by atoms with Crippen LogP contribution in [-0.2, 0) is 6.54 Å². The minimum atomic E-state index is -0.421. The van der Waals surface area contributed by atoms with E-state index < -0.39 is 5.82 Å². The van der Waals surface area contributed by atoms with E-state index in [0.29, 0.717) is 23.6 Å². The Hall–Kier alpha value is -2.61. The van der Waals surface area contributed by atoms with Crippen molar-refractivity contribution in [2.24, 2.45) is 0 Å². The van der Waals surface area contributed by atoms with Crippen molar-refractivity contribution in [1.82, 2.24) is 4.98 Å². The number of nitriles is 1. The molecule has 0 spiro atoms. The molecule has 0 aliphatic rings. The lowest BCUT2D eigenvalue weighted by atomic mass is 10.1. The molecule has 0 amide bonds. The number of nitrogens with one attached hydrogen (secondary N) is 1. The summed E-state index contributed by atoms with van der Waals surface area (Å²) >= 11 is 0. The van der Waals surface area contributed by atoms with Crippen LogP contribution in [0.5, 0.6) is 5.88 Å². The maximum absolute atomic E-state index is 13.4. The second-order valence-electron chi connectivity index (χ2n) is 4.84. The maximum Gasteiger partial charge on any atom is 0.237 e. The highest BCUT2D eigenvalue weighted by molar-refractivity contribution is 5.52. The molecule has 1 aromatic heterocycles. The van der Waals surface area contributed by atoms with Crippen molar-refractivity contribution < 1.29 is 9.13 Å². The lowest BCUT2D eigenvalue weighted by Gasteiger charge is -2.14. The van der Waals surface area contributed by atoms with Crippen molar-refractivity contribution in [3.63, 3.8) is 0 Å². The first kappa shape index (κ1) is 14.8. The lowest BCUT2D eigenvalue weighted by molar-refractivity contribution is 0.234. The van der Waals surface area contributed by atoms with Gasteiger partial charge in [-0.05, 0) is 49.7 Å². The number of benzene rings is 1. The average molecular weight is 285 g/mol. The van der Waals surface area contributed by atoms with Gasteiger partial charge in [0.25, 0.3) is 0 Å². The molecule has 21 heavy (non-hydrogen) atoms. The fourth-order valence-corrected chi connectivity index (χ4v) is 1.86. The number of nitrogens with zero attached hydrogens (tertiary/aromatic N) is 2. The van der Waals surface area contributed by atoms with Gasteiger partial charge in [0.1, 0.15) is 5.82 Å². The highest BCUT2D eigenvalue weighted by Gasteiger charge is 2.07. The van der Waals surface area contributed by atoms with Crippen molar-refractivity contribution in [2.75, 3.05) is 5.32 Å². The van der Waals surface area contributed by atoms with Gasteiger partial charge in [0.2, 0.25) is 5.88 Å². The summed E-state index contributed by atoms with van der Waals surface area (Å²) in [4.78, 5) is 4.17. The third kappa shape index (κ3) is 4.18. The third-order valence-corrected chi connectivity index (χ3v) is 2.69. The molecule has 0 atom stereocenters. The highest BCUT2D eigenvalue weighted by Crippen LogP contribution is 2.22. The monoisotopic (exact) mass is 285 g/mol. The van der Waals surface area contributed by atoms with Gasteiger partial charge in [-0.2, -0.15) is 5.26 Å². The van der Waals surface area contributed by atoms with Crippen molar-refractivity contribution in [2.45, 2.75) is 26.5 Å². The molecule has 4 nitrogen and oxygen atoms in total. The van der Waals surface area contributed by atoms with E-state index in [1.165, 1.54) is 12.1 Å². The first-order valence-electron chi connectivity index (χ1n) is 6.63. The SMILES string of the molecule is CC(C)Oc1ncccc1NCc1cc(F)cc(C#N)c1. The number of halogens is 1. The predicted molar refractivity (Wildman–Crippen MR) is 78.4 cm³/mol. The summed E-state index contributed by atoms with van der Waals surface area (Å²) in [6.07, 6.45) is 1.67. The van der Waals surface area contributed by atoms with Crippen LogP contribution >= 0.6 is 0 Å². The van der Waals surface area contributed by atoms with E-state index in [-0.39, 0.29) is 6.10 Å². The van der Waals surface area contributed by atoms with Crippen molar-refractivity contribution in [1.29, 1.82) is 5.26 Å². The molecule has 0 bridgehead atoms. The van der Waals surface area contributed by atoms with Crippen molar-refractivity contribution >= 4 is 5.69 Å². The molecular formula is C16H16FN3O. The topological polar surface area (TPSA) is 57.9 Å². The van der Waals surface area contributed by atoms with Gasteiger partial charge in [-0.15, -0.1) is 0 Å². The van der Waals surface area contributed by atoms with Crippen LogP contribution in [0.25, 0.3) is 0 Å². The average Bonchev–Trinajstić information content (AvgIpc) is 2.45. The Bertz CT molecular complexity index is 665. The molecule has 0 radical (unpaired) electrons. The molecule has 0 aliphatic heterocycles. The minimum absolute atomic E-state index is 0.0137. The zero-order valence-electron chi connectivity index (χ0n) is 11.9. The number of rotatable bonds is 5. The maximum atomic E-state index is 13.4. The van der Waals surface area contributed by atoms with Gasteiger partial charge in [-0.3, -0.25) is 0 Å². The van der Waals surface area contributed by atoms with Gasteiger partial charge in [0.05, 0.1) is 23.4 Å². The van der Waals surface area contributed by atoms with Crippen LogP contribution in [0.2, 0.25) is 0 Å². The van der Waals surface area contributed by atoms with E-state index in [2.05, 4.69) is 10.3 Å². The molecule has 5 heteroatoms. The smallest absolute Gasteiger partial charge is 0.237 e. The Morgan fingerprint density at radius 3 is 2.90 bits per heavy atom. The summed E-state index contributed by atoms with van der Waals surface area (Å²) < 4.78 is 19.0. The first-order valence-corrected chi connectivity index (χ1v) is 6.63. The molecule has 0 saturated heterocycles. The van der Waals surface area contributed by atoms with E-state index in [4.69, 9.17) is 10.00 Å². The Kier molecular flexibility index (Phi) is 4.72. The number of hydrogen-bond donors (Lipinski definition) is 1. The van der Waals surface area contributed by atoms with Crippen LogP contribution in [-0.4, -0.2) is 11.1 Å². The molecule has 2 aromatic rings. The van der Waals surface area contributed by atoms with E-state index in [9.17, 15) is 4.39 Å². The van der Waals surface area contributed by atoms with Crippen LogP contribution in [0, 0.1) is 17.1 Å². The number of anilines is 1. The summed E-state index contributed by atoms with van der Waals surface area (Å²) in [6, 6.07) is 9.83. The van der Waals surface area contributed by atoms with Crippen LogP contribution < -0.4 is 10.1 Å². The second-order valence-corrected chi connectivity index (χ2v) is 4.84. The molecule has 1 heterocycles. The normalized spacial score (nSPS) is 10.2. The van der Waals surface area contributed by atoms with Crippen molar-refractivity contribution in [3.05, 3.63) is 53.5 Å². The second kappa shape index (κ2) is 6.71. The van der Waals surface area contributed by atoms with Crippen LogP contribution in [0.4, 0.5) is 10.1 Å². The summed E-state index contributed by atoms with van der Waals surface area (Å²) in [5.41, 5.74) is 1.72. The van der Waals surface area contributed by atoms with E-state index in [1.807, 2.05) is 26.0 Å². The van der Waals surface area contributed by atoms with Gasteiger partial charge in [0.15, 0.2) is 0 Å². The Morgan fingerprint density at radius 1 is 1.38 bits per heavy atom. The molecule has 0 fully saturated rings. The summed E-state index contributed by atoms with van der Waals surface area (Å²) in [5, 5.41) is 12.0. The summed E-state index contributed by atoms with van der Waals surface area (Å²) in [5.74, 6) is 0.0834. The quantitative estimate of drug-likeness (QED) is 0.913. The zero-order valence-corrected chi connectivity index (χ0v) is 11.9. The van der Waals surface area contributed by atoms with Crippen LogP contribution in [0.15, 0.2) is 36.5 Å². The van der Waals surface area contributed by atoms with Crippen LogP contribution in [0.1, 0.15) is 25.0 Å². The Balaban J connectivity index is 2.13. The fraction of sp³-hybridized carbons (Fsp3) is 0.250. The molecular weight excluding hydrogens is 269 g/mol. The Morgan fingerprint density at radius 2 is 2.19 bits per heavy atom. The van der Waals surface area contributed by atoms with Gasteiger partial charge in [0, 0.05) is 12.7 Å². The highest BCUT2D eigenvalue weighted by atomic mass is 19.1. The molecule has 0 aliphatic carbocycles. The third-order valence-electron chi connectivity index (χ3n) is 2.69. The number of ether oxygens (including phenoxy) is 1. The molecule has 108 valence electrons. The molecule has 1 N–H and O–H groups in total. The van der Waals surface area contributed by atoms with Crippen molar-refractivity contribution in [3.8, 4) is 11.9 Å². The summed E-state index contributed by atoms with van der Waals surface area (Å²) in [6.45, 7) is 4.22. The predicted octanol–water partition coefficient (Wildman–Crippen LogP) is 3.49. The minimum Gasteiger partial charge on any atom is -0.473 e. The molecule has 2 rings (SSSR count). The largest absolute Gasteiger partial charge is 0.473 e. The first-order chi connectivity index (χ1) is 10.1. The van der Waals surface area contributed by atoms with E-state index in [1.54, 1.807) is 18.3 Å². The van der Waals surface area contributed by atoms with E-state index >= 15 is 0 Å². The lowest BCUT2D eigenvalue weighted by Crippen LogP contribution is -2.10. The molecule has 0 saturated carbocycles. The fourth-order valence-electron chi connectivity index (χ4n) is 1.86. The molecule has 0 unspecified atom stereocenters. The van der Waals surface area contributed by atoms with E-state index in [0.717, 1.165) is 5.69 Å². The standard InChI is InChI=1S/C16H16FN3O/c1-11(2)21-16-15(4-3-5-19-16)20-10-13-6-12(9-18)7-14(17)8-13/h3-8,11,20H,10H2,1-2H3. The number of aromatic nitrogens is 1. The summed E-state index contributed by atoms with van der Waals surface area (Å²) in [7, 11) is 0. The Labute approximate surface area is 123 Å². The van der Waals surface area contributed by atoms with Gasteiger partial charge < -0.3 is 10.1 Å². The number of hydrogen-bond acceptors (Lipinski definition) is 4. The molecule has 1 aromatic carbocycles. The van der Waals surface area contributed by atoms with Gasteiger partial charge >= 0.3 is 0 Å².